The van der Waals surface area contributed by atoms with Gasteiger partial charge in [-0.25, -0.2) is 13.1 Å². The van der Waals surface area contributed by atoms with Gasteiger partial charge in [0.1, 0.15) is 10.7 Å². The number of hydrogen-bond donors (Lipinski definition) is 2. The minimum atomic E-state index is -3.59. The van der Waals surface area contributed by atoms with E-state index in [0.717, 1.165) is 0 Å². The molecule has 1 aromatic heterocycles. The molecule has 0 amide bonds. The molecule has 0 aliphatic heterocycles. The summed E-state index contributed by atoms with van der Waals surface area (Å²) in [6.07, 6.45) is 0. The summed E-state index contributed by atoms with van der Waals surface area (Å²) in [5.41, 5.74) is 1.09. The Kier molecular flexibility index (Phi) is 3.87. The van der Waals surface area contributed by atoms with Gasteiger partial charge in [0.2, 0.25) is 10.0 Å². The third-order valence-corrected chi connectivity index (χ3v) is 4.03. The van der Waals surface area contributed by atoms with E-state index < -0.39 is 10.0 Å². The molecule has 1 aromatic carbocycles. The van der Waals surface area contributed by atoms with Crippen molar-refractivity contribution in [3.05, 3.63) is 41.8 Å². The zero-order chi connectivity index (χ0) is 13.9. The van der Waals surface area contributed by atoms with Crippen molar-refractivity contribution in [2.24, 2.45) is 0 Å². The Morgan fingerprint density at radius 3 is 2.68 bits per heavy atom. The SMILES string of the molecule is CNc1ccccc1S(=O)(=O)NCc1cc(C)on1. The van der Waals surface area contributed by atoms with E-state index in [2.05, 4.69) is 15.2 Å². The van der Waals surface area contributed by atoms with E-state index in [0.29, 0.717) is 17.1 Å². The minimum absolute atomic E-state index is 0.0950. The van der Waals surface area contributed by atoms with Gasteiger partial charge in [-0.1, -0.05) is 17.3 Å². The van der Waals surface area contributed by atoms with Gasteiger partial charge in [-0.15, -0.1) is 0 Å². The second-order valence-electron chi connectivity index (χ2n) is 4.00. The van der Waals surface area contributed by atoms with Crippen LogP contribution < -0.4 is 10.0 Å². The molecule has 2 aromatic rings. The summed E-state index contributed by atoms with van der Waals surface area (Å²) in [5.74, 6) is 0.643. The average Bonchev–Trinajstić information content (AvgIpc) is 2.82. The number of benzene rings is 1. The summed E-state index contributed by atoms with van der Waals surface area (Å²) in [6, 6.07) is 8.38. The Labute approximate surface area is 111 Å². The summed E-state index contributed by atoms with van der Waals surface area (Å²) >= 11 is 0. The summed E-state index contributed by atoms with van der Waals surface area (Å²) in [5, 5.41) is 6.59. The van der Waals surface area contributed by atoms with Crippen molar-refractivity contribution < 1.29 is 12.9 Å². The van der Waals surface area contributed by atoms with Gasteiger partial charge >= 0.3 is 0 Å². The highest BCUT2D eigenvalue weighted by atomic mass is 32.2. The predicted molar refractivity (Wildman–Crippen MR) is 71.3 cm³/mol. The normalized spacial score (nSPS) is 11.5. The van der Waals surface area contributed by atoms with E-state index in [1.165, 1.54) is 0 Å². The highest BCUT2D eigenvalue weighted by molar-refractivity contribution is 7.89. The van der Waals surface area contributed by atoms with E-state index in [4.69, 9.17) is 4.52 Å². The van der Waals surface area contributed by atoms with Crippen LogP contribution in [0, 0.1) is 6.92 Å². The maximum atomic E-state index is 12.2. The molecule has 0 saturated carbocycles. The first-order valence-corrected chi connectivity index (χ1v) is 7.20. The van der Waals surface area contributed by atoms with E-state index in [1.54, 1.807) is 44.3 Å². The Bertz CT molecular complexity index is 664. The molecule has 0 fully saturated rings. The molecule has 0 atom stereocenters. The molecule has 102 valence electrons. The number of nitrogens with one attached hydrogen (secondary N) is 2. The summed E-state index contributed by atoms with van der Waals surface area (Å²) in [7, 11) is -1.91. The monoisotopic (exact) mass is 281 g/mol. The molecule has 0 radical (unpaired) electrons. The molecule has 2 rings (SSSR count). The van der Waals surface area contributed by atoms with Crippen LogP contribution in [0.1, 0.15) is 11.5 Å². The zero-order valence-electron chi connectivity index (χ0n) is 10.7. The van der Waals surface area contributed by atoms with Crippen molar-refractivity contribution in [2.75, 3.05) is 12.4 Å². The Hall–Kier alpha value is -1.86. The van der Waals surface area contributed by atoms with Crippen LogP contribution in [0.15, 0.2) is 39.8 Å². The van der Waals surface area contributed by atoms with Crippen LogP contribution in [0.4, 0.5) is 5.69 Å². The average molecular weight is 281 g/mol. The highest BCUT2D eigenvalue weighted by Crippen LogP contribution is 2.20. The van der Waals surface area contributed by atoms with Gasteiger partial charge in [0.25, 0.3) is 0 Å². The molecule has 0 saturated heterocycles. The van der Waals surface area contributed by atoms with Gasteiger partial charge in [-0.2, -0.15) is 0 Å². The first kappa shape index (κ1) is 13.6. The van der Waals surface area contributed by atoms with Gasteiger partial charge in [-0.05, 0) is 19.1 Å². The number of nitrogens with zero attached hydrogens (tertiary/aromatic N) is 1. The molecular formula is C12H15N3O3S. The Morgan fingerprint density at radius 1 is 1.32 bits per heavy atom. The molecule has 6 nitrogen and oxygen atoms in total. The summed E-state index contributed by atoms with van der Waals surface area (Å²) < 4.78 is 31.7. The van der Waals surface area contributed by atoms with Crippen molar-refractivity contribution in [3.8, 4) is 0 Å². The molecule has 0 unspecified atom stereocenters. The van der Waals surface area contributed by atoms with E-state index in [-0.39, 0.29) is 11.4 Å². The lowest BCUT2D eigenvalue weighted by Crippen LogP contribution is -2.24. The molecule has 7 heteroatoms. The maximum absolute atomic E-state index is 12.2. The van der Waals surface area contributed by atoms with Gasteiger partial charge < -0.3 is 9.84 Å². The second-order valence-corrected chi connectivity index (χ2v) is 5.73. The predicted octanol–water partition coefficient (Wildman–Crippen LogP) is 1.50. The third kappa shape index (κ3) is 3.12. The van der Waals surface area contributed by atoms with Crippen molar-refractivity contribution in [1.29, 1.82) is 0 Å². The van der Waals surface area contributed by atoms with Gasteiger partial charge in [-0.3, -0.25) is 0 Å². The van der Waals surface area contributed by atoms with Crippen molar-refractivity contribution in [3.63, 3.8) is 0 Å². The van der Waals surface area contributed by atoms with Crippen LogP contribution in [-0.2, 0) is 16.6 Å². The minimum Gasteiger partial charge on any atom is -0.387 e. The number of para-hydroxylation sites is 1. The smallest absolute Gasteiger partial charge is 0.242 e. The van der Waals surface area contributed by atoms with Gasteiger partial charge in [0, 0.05) is 13.1 Å². The van der Waals surface area contributed by atoms with Crippen LogP contribution in [-0.4, -0.2) is 20.6 Å². The van der Waals surface area contributed by atoms with E-state index >= 15 is 0 Å². The lowest BCUT2D eigenvalue weighted by atomic mass is 10.3. The first-order valence-electron chi connectivity index (χ1n) is 5.71. The first-order chi connectivity index (χ1) is 9.03. The number of rotatable bonds is 5. The zero-order valence-corrected chi connectivity index (χ0v) is 11.5. The van der Waals surface area contributed by atoms with E-state index in [1.807, 2.05) is 0 Å². The van der Waals surface area contributed by atoms with Crippen LogP contribution >= 0.6 is 0 Å². The van der Waals surface area contributed by atoms with Gasteiger partial charge in [0.15, 0.2) is 0 Å². The molecular weight excluding hydrogens is 266 g/mol. The molecule has 0 bridgehead atoms. The number of hydrogen-bond acceptors (Lipinski definition) is 5. The maximum Gasteiger partial charge on any atom is 0.242 e. The molecule has 1 heterocycles. The number of aromatic nitrogens is 1. The summed E-state index contributed by atoms with van der Waals surface area (Å²) in [6.45, 7) is 1.85. The van der Waals surface area contributed by atoms with Crippen LogP contribution in [0.3, 0.4) is 0 Å². The molecule has 0 aliphatic rings. The fourth-order valence-electron chi connectivity index (χ4n) is 1.66. The standard InChI is InChI=1S/C12H15N3O3S/c1-9-7-10(15-18-9)8-14-19(16,17)12-6-4-3-5-11(12)13-2/h3-7,13-14H,8H2,1-2H3. The Morgan fingerprint density at radius 2 is 2.05 bits per heavy atom. The summed E-state index contributed by atoms with van der Waals surface area (Å²) in [4.78, 5) is 0.206. The highest BCUT2D eigenvalue weighted by Gasteiger charge is 2.17. The molecule has 0 spiro atoms. The fourth-order valence-corrected chi connectivity index (χ4v) is 2.87. The number of aryl methyl sites for hydroxylation is 1. The largest absolute Gasteiger partial charge is 0.387 e. The number of sulfonamides is 1. The lowest BCUT2D eigenvalue weighted by Gasteiger charge is -2.09. The Balaban J connectivity index is 2.18. The molecule has 2 N–H and O–H groups in total. The van der Waals surface area contributed by atoms with Crippen LogP contribution in [0.5, 0.6) is 0 Å². The van der Waals surface area contributed by atoms with E-state index in [9.17, 15) is 8.42 Å². The molecule has 19 heavy (non-hydrogen) atoms. The lowest BCUT2D eigenvalue weighted by molar-refractivity contribution is 0.390. The van der Waals surface area contributed by atoms with Crippen molar-refractivity contribution >= 4 is 15.7 Å². The van der Waals surface area contributed by atoms with Crippen LogP contribution in [0.25, 0.3) is 0 Å². The topological polar surface area (TPSA) is 84.2 Å². The number of anilines is 1. The van der Waals surface area contributed by atoms with Gasteiger partial charge in [0.05, 0.1) is 17.9 Å². The third-order valence-electron chi connectivity index (χ3n) is 2.57. The van der Waals surface area contributed by atoms with Crippen molar-refractivity contribution in [2.45, 2.75) is 18.4 Å². The quantitative estimate of drug-likeness (QED) is 0.867. The fraction of sp³-hybridized carbons (Fsp3) is 0.250. The second kappa shape index (κ2) is 5.41. The van der Waals surface area contributed by atoms with Crippen LogP contribution in [0.2, 0.25) is 0 Å². The molecule has 0 aliphatic carbocycles. The van der Waals surface area contributed by atoms with Crippen molar-refractivity contribution in [1.82, 2.24) is 9.88 Å².